The molecular weight excluding hydrogens is 300 g/mol. The van der Waals surface area contributed by atoms with Gasteiger partial charge in [0.25, 0.3) is 0 Å². The van der Waals surface area contributed by atoms with Gasteiger partial charge in [0.2, 0.25) is 0 Å². The van der Waals surface area contributed by atoms with E-state index in [2.05, 4.69) is 46.4 Å². The van der Waals surface area contributed by atoms with Crippen LogP contribution in [0.4, 0.5) is 0 Å². The monoisotopic (exact) mass is 314 g/mol. The zero-order chi connectivity index (χ0) is 12.4. The molecule has 0 spiro atoms. The van der Waals surface area contributed by atoms with Gasteiger partial charge in [-0.05, 0) is 41.2 Å². The molecule has 0 saturated carbocycles. The van der Waals surface area contributed by atoms with Crippen LogP contribution in [0, 0.1) is 0 Å². The third-order valence-corrected chi connectivity index (χ3v) is 4.09. The Hall–Kier alpha value is -0.690. The molecule has 1 atom stereocenters. The van der Waals surface area contributed by atoms with E-state index in [1.54, 1.807) is 11.3 Å². The fourth-order valence-electron chi connectivity index (χ4n) is 1.78. The standard InChI is InChI=1S/C11H15BrN4S/c1-7(2)16-11(8(12)6-14-16)10(15-13)9-4-3-5-17-9/h3-7,10,15H,13H2,1-2H3. The highest BCUT2D eigenvalue weighted by atomic mass is 79.9. The molecule has 0 amide bonds. The van der Waals surface area contributed by atoms with Crippen LogP contribution >= 0.6 is 27.3 Å². The largest absolute Gasteiger partial charge is 0.270 e. The minimum atomic E-state index is -0.0331. The summed E-state index contributed by atoms with van der Waals surface area (Å²) in [6, 6.07) is 4.36. The van der Waals surface area contributed by atoms with Crippen LogP contribution in [-0.4, -0.2) is 9.78 Å². The summed E-state index contributed by atoms with van der Waals surface area (Å²) in [6.45, 7) is 4.20. The number of nitrogens with two attached hydrogens (primary N) is 1. The first-order valence-corrected chi connectivity index (χ1v) is 7.04. The van der Waals surface area contributed by atoms with Crippen molar-refractivity contribution >= 4 is 27.3 Å². The Balaban J connectivity index is 2.47. The number of hydrazine groups is 1. The Morgan fingerprint density at radius 1 is 1.53 bits per heavy atom. The van der Waals surface area contributed by atoms with E-state index in [0.717, 1.165) is 10.2 Å². The van der Waals surface area contributed by atoms with E-state index in [9.17, 15) is 0 Å². The third kappa shape index (κ3) is 2.44. The maximum atomic E-state index is 5.69. The molecule has 2 aromatic rings. The number of nitrogens with zero attached hydrogens (tertiary/aromatic N) is 2. The maximum absolute atomic E-state index is 5.69. The fourth-order valence-corrected chi connectivity index (χ4v) is 3.07. The molecule has 17 heavy (non-hydrogen) atoms. The lowest BCUT2D eigenvalue weighted by Crippen LogP contribution is -2.30. The highest BCUT2D eigenvalue weighted by Gasteiger charge is 2.22. The topological polar surface area (TPSA) is 55.9 Å². The van der Waals surface area contributed by atoms with Crippen LogP contribution in [0.25, 0.3) is 0 Å². The van der Waals surface area contributed by atoms with Gasteiger partial charge < -0.3 is 0 Å². The molecule has 6 heteroatoms. The van der Waals surface area contributed by atoms with Crippen LogP contribution in [0.1, 0.15) is 36.5 Å². The smallest absolute Gasteiger partial charge is 0.0981 e. The summed E-state index contributed by atoms with van der Waals surface area (Å²) in [5.74, 6) is 5.69. The van der Waals surface area contributed by atoms with Crippen molar-refractivity contribution in [2.45, 2.75) is 25.9 Å². The number of hydrogen-bond acceptors (Lipinski definition) is 4. The lowest BCUT2D eigenvalue weighted by molar-refractivity contribution is 0.477. The molecule has 0 radical (unpaired) electrons. The minimum Gasteiger partial charge on any atom is -0.270 e. The normalized spacial score (nSPS) is 13.2. The second kappa shape index (κ2) is 5.30. The second-order valence-corrected chi connectivity index (χ2v) is 5.86. The summed E-state index contributed by atoms with van der Waals surface area (Å²) in [5.41, 5.74) is 3.92. The minimum absolute atomic E-state index is 0.0331. The van der Waals surface area contributed by atoms with Crippen molar-refractivity contribution in [1.82, 2.24) is 15.2 Å². The van der Waals surface area contributed by atoms with Crippen molar-refractivity contribution in [3.05, 3.63) is 38.8 Å². The van der Waals surface area contributed by atoms with E-state index in [0.29, 0.717) is 6.04 Å². The number of nitrogens with one attached hydrogen (secondary N) is 1. The van der Waals surface area contributed by atoms with Gasteiger partial charge in [0.15, 0.2) is 0 Å². The van der Waals surface area contributed by atoms with E-state index >= 15 is 0 Å². The van der Waals surface area contributed by atoms with Crippen molar-refractivity contribution in [2.24, 2.45) is 5.84 Å². The Labute approximate surface area is 113 Å². The molecule has 0 aliphatic carbocycles. The third-order valence-electron chi connectivity index (χ3n) is 2.54. The van der Waals surface area contributed by atoms with Crippen molar-refractivity contribution in [1.29, 1.82) is 0 Å². The molecule has 1 unspecified atom stereocenters. The van der Waals surface area contributed by atoms with Gasteiger partial charge in [-0.2, -0.15) is 5.10 Å². The van der Waals surface area contributed by atoms with Gasteiger partial charge in [-0.1, -0.05) is 6.07 Å². The van der Waals surface area contributed by atoms with Gasteiger partial charge in [-0.3, -0.25) is 10.5 Å². The Morgan fingerprint density at radius 3 is 2.82 bits per heavy atom. The van der Waals surface area contributed by atoms with Gasteiger partial charge in [0.1, 0.15) is 0 Å². The molecular formula is C11H15BrN4S. The first kappa shape index (κ1) is 12.8. The van der Waals surface area contributed by atoms with E-state index in [1.165, 1.54) is 4.88 Å². The highest BCUT2D eigenvalue weighted by molar-refractivity contribution is 9.10. The van der Waals surface area contributed by atoms with Crippen molar-refractivity contribution in [3.8, 4) is 0 Å². The molecule has 0 aromatic carbocycles. The lowest BCUT2D eigenvalue weighted by Gasteiger charge is -2.19. The average molecular weight is 315 g/mol. The van der Waals surface area contributed by atoms with Crippen molar-refractivity contribution in [3.63, 3.8) is 0 Å². The van der Waals surface area contributed by atoms with Gasteiger partial charge in [-0.15, -0.1) is 11.3 Å². The number of halogens is 1. The number of thiophene rings is 1. The van der Waals surface area contributed by atoms with Gasteiger partial charge in [-0.25, -0.2) is 5.43 Å². The van der Waals surface area contributed by atoms with Crippen molar-refractivity contribution in [2.75, 3.05) is 0 Å². The average Bonchev–Trinajstić information content (AvgIpc) is 2.91. The molecule has 92 valence electrons. The summed E-state index contributed by atoms with van der Waals surface area (Å²) >= 11 is 5.22. The molecule has 0 aliphatic rings. The summed E-state index contributed by atoms with van der Waals surface area (Å²) in [7, 11) is 0. The van der Waals surface area contributed by atoms with Crippen LogP contribution in [0.3, 0.4) is 0 Å². The SMILES string of the molecule is CC(C)n1ncc(Br)c1C(NN)c1cccs1. The zero-order valence-corrected chi connectivity index (χ0v) is 12.1. The molecule has 2 heterocycles. The predicted molar refractivity (Wildman–Crippen MR) is 73.8 cm³/mol. The van der Waals surface area contributed by atoms with Crippen molar-refractivity contribution < 1.29 is 0 Å². The summed E-state index contributed by atoms with van der Waals surface area (Å²) in [6.07, 6.45) is 1.81. The molecule has 3 N–H and O–H groups in total. The number of hydrogen-bond donors (Lipinski definition) is 2. The van der Waals surface area contributed by atoms with Crippen LogP contribution in [0.15, 0.2) is 28.2 Å². The van der Waals surface area contributed by atoms with Crippen LogP contribution in [0.5, 0.6) is 0 Å². The molecule has 0 aliphatic heterocycles. The molecule has 4 nitrogen and oxygen atoms in total. The predicted octanol–water partition coefficient (Wildman–Crippen LogP) is 2.84. The molecule has 0 fully saturated rings. The molecule has 2 aromatic heterocycles. The zero-order valence-electron chi connectivity index (χ0n) is 9.72. The van der Waals surface area contributed by atoms with E-state index in [-0.39, 0.29) is 6.04 Å². The lowest BCUT2D eigenvalue weighted by atomic mass is 10.1. The first-order chi connectivity index (χ1) is 8.15. The maximum Gasteiger partial charge on any atom is 0.0981 e. The molecule has 0 bridgehead atoms. The Bertz CT molecular complexity index is 478. The fraction of sp³-hybridized carbons (Fsp3) is 0.364. The molecule has 2 rings (SSSR count). The van der Waals surface area contributed by atoms with Crippen LogP contribution < -0.4 is 11.3 Å². The number of aromatic nitrogens is 2. The van der Waals surface area contributed by atoms with Gasteiger partial charge in [0, 0.05) is 10.9 Å². The van der Waals surface area contributed by atoms with E-state index in [4.69, 9.17) is 5.84 Å². The van der Waals surface area contributed by atoms with Gasteiger partial charge in [0.05, 0.1) is 22.4 Å². The second-order valence-electron chi connectivity index (χ2n) is 4.03. The quantitative estimate of drug-likeness (QED) is 0.674. The Morgan fingerprint density at radius 2 is 2.29 bits per heavy atom. The Kier molecular flexibility index (Phi) is 3.98. The van der Waals surface area contributed by atoms with E-state index < -0.39 is 0 Å². The highest BCUT2D eigenvalue weighted by Crippen LogP contribution is 2.31. The van der Waals surface area contributed by atoms with E-state index in [1.807, 2.05) is 22.3 Å². The van der Waals surface area contributed by atoms with Crippen LogP contribution in [-0.2, 0) is 0 Å². The summed E-state index contributed by atoms with van der Waals surface area (Å²) in [4.78, 5) is 1.18. The first-order valence-electron chi connectivity index (χ1n) is 5.37. The van der Waals surface area contributed by atoms with Crippen LogP contribution in [0.2, 0.25) is 0 Å². The summed E-state index contributed by atoms with van der Waals surface area (Å²) in [5, 5.41) is 6.42. The number of rotatable bonds is 4. The summed E-state index contributed by atoms with van der Waals surface area (Å²) < 4.78 is 2.96. The molecule has 0 saturated heterocycles. The van der Waals surface area contributed by atoms with Gasteiger partial charge >= 0.3 is 0 Å².